The molecule has 2 N–H and O–H groups in total. The summed E-state index contributed by atoms with van der Waals surface area (Å²) in [6, 6.07) is 7.72. The highest BCUT2D eigenvalue weighted by Crippen LogP contribution is 2.25. The predicted molar refractivity (Wildman–Crippen MR) is 95.9 cm³/mol. The Morgan fingerprint density at radius 2 is 1.75 bits per heavy atom. The van der Waals surface area contributed by atoms with E-state index in [1.54, 1.807) is 18.2 Å². The van der Waals surface area contributed by atoms with E-state index in [2.05, 4.69) is 15.6 Å². The van der Waals surface area contributed by atoms with E-state index >= 15 is 0 Å². The van der Waals surface area contributed by atoms with E-state index in [4.69, 9.17) is 23.2 Å². The van der Waals surface area contributed by atoms with E-state index in [1.165, 1.54) is 18.3 Å². The van der Waals surface area contributed by atoms with E-state index in [1.807, 2.05) is 20.8 Å². The maximum Gasteiger partial charge on any atom is 0.274 e. The Balaban J connectivity index is 2.18. The lowest BCUT2D eigenvalue weighted by Crippen LogP contribution is -2.40. The fourth-order valence-electron chi connectivity index (χ4n) is 1.89. The number of halogens is 2. The lowest BCUT2D eigenvalue weighted by atomic mass is 10.1. The van der Waals surface area contributed by atoms with Crippen molar-refractivity contribution in [2.24, 2.45) is 0 Å². The molecule has 0 fully saturated rings. The van der Waals surface area contributed by atoms with Crippen molar-refractivity contribution in [2.45, 2.75) is 26.3 Å². The van der Waals surface area contributed by atoms with Crippen LogP contribution < -0.4 is 10.6 Å². The van der Waals surface area contributed by atoms with Crippen molar-refractivity contribution in [3.8, 4) is 0 Å². The summed E-state index contributed by atoms with van der Waals surface area (Å²) >= 11 is 11.9. The predicted octanol–water partition coefficient (Wildman–Crippen LogP) is 4.17. The number of hydrogen-bond acceptors (Lipinski definition) is 3. The van der Waals surface area contributed by atoms with Gasteiger partial charge in [0.1, 0.15) is 5.69 Å². The normalized spacial score (nSPS) is 11.0. The van der Waals surface area contributed by atoms with Crippen LogP contribution in [0.2, 0.25) is 10.0 Å². The highest BCUT2D eigenvalue weighted by molar-refractivity contribution is 6.36. The van der Waals surface area contributed by atoms with Crippen molar-refractivity contribution in [1.82, 2.24) is 10.3 Å². The fraction of sp³-hybridized carbons (Fsp3) is 0.235. The zero-order valence-electron chi connectivity index (χ0n) is 13.5. The summed E-state index contributed by atoms with van der Waals surface area (Å²) in [5, 5.41) is 6.26. The molecule has 2 aromatic rings. The first-order valence-corrected chi connectivity index (χ1v) is 7.96. The van der Waals surface area contributed by atoms with Crippen molar-refractivity contribution in [3.63, 3.8) is 0 Å². The first-order chi connectivity index (χ1) is 11.2. The summed E-state index contributed by atoms with van der Waals surface area (Å²) in [6.07, 6.45) is 1.41. The van der Waals surface area contributed by atoms with Gasteiger partial charge in [-0.2, -0.15) is 0 Å². The summed E-state index contributed by atoms with van der Waals surface area (Å²) in [6.45, 7) is 5.63. The second kappa shape index (κ2) is 7.20. The van der Waals surface area contributed by atoms with E-state index in [-0.39, 0.29) is 17.1 Å². The fourth-order valence-corrected chi connectivity index (χ4v) is 2.34. The minimum absolute atomic E-state index is 0.113. The maximum atomic E-state index is 12.3. The van der Waals surface area contributed by atoms with Crippen LogP contribution in [0.3, 0.4) is 0 Å². The van der Waals surface area contributed by atoms with Crippen molar-refractivity contribution in [2.75, 3.05) is 5.32 Å². The second-order valence-corrected chi connectivity index (χ2v) is 7.06. The van der Waals surface area contributed by atoms with Crippen molar-refractivity contribution < 1.29 is 9.59 Å². The number of nitrogens with zero attached hydrogens (tertiary/aromatic N) is 1. The van der Waals surface area contributed by atoms with E-state index in [9.17, 15) is 9.59 Å². The van der Waals surface area contributed by atoms with Gasteiger partial charge in [0.15, 0.2) is 0 Å². The van der Waals surface area contributed by atoms with Gasteiger partial charge in [0, 0.05) is 22.3 Å². The van der Waals surface area contributed by atoms with Gasteiger partial charge in [0.25, 0.3) is 11.8 Å². The molecular formula is C17H17Cl2N3O2. The van der Waals surface area contributed by atoms with Crippen LogP contribution in [-0.2, 0) is 0 Å². The lowest BCUT2D eigenvalue weighted by Gasteiger charge is -2.20. The SMILES string of the molecule is CC(C)(C)NC(=O)c1ccnc(C(=O)Nc2ccc(Cl)cc2Cl)c1. The van der Waals surface area contributed by atoms with Crippen molar-refractivity contribution >= 4 is 40.7 Å². The number of benzene rings is 1. The summed E-state index contributed by atoms with van der Waals surface area (Å²) in [4.78, 5) is 28.5. The van der Waals surface area contributed by atoms with Crippen LogP contribution in [0.1, 0.15) is 41.6 Å². The molecule has 0 aliphatic carbocycles. The van der Waals surface area contributed by atoms with Gasteiger partial charge in [-0.3, -0.25) is 14.6 Å². The van der Waals surface area contributed by atoms with Crippen molar-refractivity contribution in [1.29, 1.82) is 0 Å². The van der Waals surface area contributed by atoms with Gasteiger partial charge in [-0.15, -0.1) is 0 Å². The van der Waals surface area contributed by atoms with Gasteiger partial charge < -0.3 is 10.6 Å². The number of hydrogen-bond donors (Lipinski definition) is 2. The number of nitrogens with one attached hydrogen (secondary N) is 2. The zero-order chi connectivity index (χ0) is 17.9. The Kier molecular flexibility index (Phi) is 5.47. The minimum Gasteiger partial charge on any atom is -0.347 e. The van der Waals surface area contributed by atoms with Crippen LogP contribution >= 0.6 is 23.2 Å². The maximum absolute atomic E-state index is 12.3. The molecule has 0 aliphatic rings. The molecule has 0 spiro atoms. The Morgan fingerprint density at radius 3 is 2.38 bits per heavy atom. The molecule has 0 unspecified atom stereocenters. The van der Waals surface area contributed by atoms with Gasteiger partial charge in [-0.1, -0.05) is 23.2 Å². The molecule has 1 aromatic heterocycles. The quantitative estimate of drug-likeness (QED) is 0.857. The molecule has 2 rings (SSSR count). The van der Waals surface area contributed by atoms with Gasteiger partial charge in [0.2, 0.25) is 0 Å². The first-order valence-electron chi connectivity index (χ1n) is 7.21. The number of rotatable bonds is 3. The first kappa shape index (κ1) is 18.2. The molecule has 0 bridgehead atoms. The van der Waals surface area contributed by atoms with Crippen LogP contribution in [0.5, 0.6) is 0 Å². The molecule has 0 saturated heterocycles. The van der Waals surface area contributed by atoms with Crippen molar-refractivity contribution in [3.05, 3.63) is 57.8 Å². The monoisotopic (exact) mass is 365 g/mol. The van der Waals surface area contributed by atoms with Gasteiger partial charge >= 0.3 is 0 Å². The van der Waals surface area contributed by atoms with E-state index in [0.29, 0.717) is 21.3 Å². The third-order valence-corrected chi connectivity index (χ3v) is 3.47. The van der Waals surface area contributed by atoms with E-state index in [0.717, 1.165) is 0 Å². The van der Waals surface area contributed by atoms with Gasteiger partial charge in [0.05, 0.1) is 10.7 Å². The summed E-state index contributed by atoms with van der Waals surface area (Å²) in [5.41, 5.74) is 0.506. The molecule has 126 valence electrons. The molecule has 2 amide bonds. The number of pyridine rings is 1. The Morgan fingerprint density at radius 1 is 1.04 bits per heavy atom. The van der Waals surface area contributed by atoms with Crippen LogP contribution in [0.25, 0.3) is 0 Å². The smallest absolute Gasteiger partial charge is 0.274 e. The topological polar surface area (TPSA) is 71.1 Å². The van der Waals surface area contributed by atoms with Crippen LogP contribution in [0.15, 0.2) is 36.5 Å². The Hall–Kier alpha value is -2.11. The summed E-state index contributed by atoms with van der Waals surface area (Å²) in [7, 11) is 0. The summed E-state index contributed by atoms with van der Waals surface area (Å²) in [5.74, 6) is -0.742. The number of amides is 2. The van der Waals surface area contributed by atoms with Crippen LogP contribution in [0, 0.1) is 0 Å². The molecule has 7 heteroatoms. The number of carbonyl (C=O) groups excluding carboxylic acids is 2. The molecule has 0 saturated carbocycles. The highest BCUT2D eigenvalue weighted by Gasteiger charge is 2.17. The van der Waals surface area contributed by atoms with Crippen LogP contribution in [-0.4, -0.2) is 22.3 Å². The number of aromatic nitrogens is 1. The molecule has 24 heavy (non-hydrogen) atoms. The van der Waals surface area contributed by atoms with Gasteiger partial charge in [-0.25, -0.2) is 0 Å². The number of carbonyl (C=O) groups is 2. The number of anilines is 1. The zero-order valence-corrected chi connectivity index (χ0v) is 15.0. The van der Waals surface area contributed by atoms with Gasteiger partial charge in [-0.05, 0) is 51.1 Å². The molecule has 0 aliphatic heterocycles. The average Bonchev–Trinajstić information content (AvgIpc) is 2.48. The Labute approximate surface area is 150 Å². The molecule has 0 radical (unpaired) electrons. The third-order valence-electron chi connectivity index (χ3n) is 2.92. The molecule has 1 heterocycles. The third kappa shape index (κ3) is 4.94. The Bertz CT molecular complexity index is 786. The van der Waals surface area contributed by atoms with E-state index < -0.39 is 5.91 Å². The minimum atomic E-state index is -0.468. The highest BCUT2D eigenvalue weighted by atomic mass is 35.5. The molecular weight excluding hydrogens is 349 g/mol. The summed E-state index contributed by atoms with van der Waals surface area (Å²) < 4.78 is 0. The molecule has 5 nitrogen and oxygen atoms in total. The molecule has 1 aromatic carbocycles. The average molecular weight is 366 g/mol. The van der Waals surface area contributed by atoms with Crippen LogP contribution in [0.4, 0.5) is 5.69 Å². The second-order valence-electron chi connectivity index (χ2n) is 6.21. The lowest BCUT2D eigenvalue weighted by molar-refractivity contribution is 0.0919. The largest absolute Gasteiger partial charge is 0.347 e. The standard InChI is InChI=1S/C17H17Cl2N3O2/c1-17(2,3)22-15(23)10-6-7-20-14(8-10)16(24)21-13-5-4-11(18)9-12(13)19/h4-9H,1-3H3,(H,21,24)(H,22,23). The molecule has 0 atom stereocenters.